The standard InChI is InChI=1S/C20H13F6NO2/c1-11-16(10-17(29-11)12-5-3-2-4-6-12)18(28)27-15-8-13(19(21,22)23)7-14(9-15)20(24,25)26/h2-10H,1H3,(H,27,28). The molecule has 152 valence electrons. The van der Waals surface area contributed by atoms with Crippen molar-refractivity contribution in [2.45, 2.75) is 19.3 Å². The number of carbonyl (C=O) groups excluding carboxylic acids is 1. The molecule has 1 amide bonds. The Bertz CT molecular complexity index is 1000. The van der Waals surface area contributed by atoms with Crippen LogP contribution < -0.4 is 5.32 Å². The van der Waals surface area contributed by atoms with Crippen molar-refractivity contribution in [3.05, 3.63) is 77.0 Å². The minimum absolute atomic E-state index is 0.00479. The van der Waals surface area contributed by atoms with E-state index >= 15 is 0 Å². The number of rotatable bonds is 3. The van der Waals surface area contributed by atoms with Gasteiger partial charge in [0.25, 0.3) is 5.91 Å². The number of aryl methyl sites for hydroxylation is 1. The zero-order chi connectivity index (χ0) is 21.4. The molecule has 0 bridgehead atoms. The van der Waals surface area contributed by atoms with Crippen LogP contribution in [0.1, 0.15) is 27.2 Å². The zero-order valence-corrected chi connectivity index (χ0v) is 14.8. The Balaban J connectivity index is 1.94. The summed E-state index contributed by atoms with van der Waals surface area (Å²) >= 11 is 0. The lowest BCUT2D eigenvalue weighted by Gasteiger charge is -2.14. The van der Waals surface area contributed by atoms with Crippen LogP contribution in [0.4, 0.5) is 32.0 Å². The summed E-state index contributed by atoms with van der Waals surface area (Å²) in [4.78, 5) is 12.5. The van der Waals surface area contributed by atoms with Crippen molar-refractivity contribution in [1.29, 1.82) is 0 Å². The SMILES string of the molecule is Cc1oc(-c2ccccc2)cc1C(=O)Nc1cc(C(F)(F)F)cc(C(F)(F)F)c1. The van der Waals surface area contributed by atoms with Crippen molar-refractivity contribution in [2.75, 3.05) is 5.32 Å². The van der Waals surface area contributed by atoms with Gasteiger partial charge in [-0.2, -0.15) is 26.3 Å². The predicted molar refractivity (Wildman–Crippen MR) is 93.3 cm³/mol. The Morgan fingerprint density at radius 3 is 1.93 bits per heavy atom. The van der Waals surface area contributed by atoms with Gasteiger partial charge in [0.1, 0.15) is 11.5 Å². The van der Waals surface area contributed by atoms with E-state index in [9.17, 15) is 31.1 Å². The molecular formula is C20H13F6NO2. The summed E-state index contributed by atoms with van der Waals surface area (Å²) in [7, 11) is 0. The number of carbonyl (C=O) groups is 1. The smallest absolute Gasteiger partial charge is 0.416 e. The molecule has 0 spiro atoms. The van der Waals surface area contributed by atoms with Crippen LogP contribution in [0.25, 0.3) is 11.3 Å². The lowest BCUT2D eigenvalue weighted by Crippen LogP contribution is -2.16. The third-order valence-corrected chi connectivity index (χ3v) is 4.07. The van der Waals surface area contributed by atoms with Gasteiger partial charge in [-0.15, -0.1) is 0 Å². The molecule has 0 aliphatic heterocycles. The average molecular weight is 413 g/mol. The number of amides is 1. The van der Waals surface area contributed by atoms with Crippen molar-refractivity contribution < 1.29 is 35.6 Å². The first-order valence-corrected chi connectivity index (χ1v) is 8.22. The maximum Gasteiger partial charge on any atom is 0.416 e. The molecule has 3 aromatic rings. The maximum atomic E-state index is 13.0. The molecule has 3 nitrogen and oxygen atoms in total. The van der Waals surface area contributed by atoms with Crippen molar-refractivity contribution in [3.8, 4) is 11.3 Å². The van der Waals surface area contributed by atoms with Crippen molar-refractivity contribution in [2.24, 2.45) is 0 Å². The molecule has 1 heterocycles. The highest BCUT2D eigenvalue weighted by atomic mass is 19.4. The Hall–Kier alpha value is -3.23. The maximum absolute atomic E-state index is 13.0. The summed E-state index contributed by atoms with van der Waals surface area (Å²) in [5, 5.41) is 2.09. The lowest BCUT2D eigenvalue weighted by atomic mass is 10.1. The van der Waals surface area contributed by atoms with Crippen molar-refractivity contribution in [3.63, 3.8) is 0 Å². The molecular weight excluding hydrogens is 400 g/mol. The van der Waals surface area contributed by atoms with Gasteiger partial charge in [0.2, 0.25) is 0 Å². The van der Waals surface area contributed by atoms with Crippen LogP contribution in [-0.4, -0.2) is 5.91 Å². The largest absolute Gasteiger partial charge is 0.461 e. The quantitative estimate of drug-likeness (QED) is 0.495. The van der Waals surface area contributed by atoms with Gasteiger partial charge < -0.3 is 9.73 Å². The minimum atomic E-state index is -5.01. The van der Waals surface area contributed by atoms with E-state index in [4.69, 9.17) is 4.42 Å². The first-order chi connectivity index (χ1) is 13.4. The molecule has 0 atom stereocenters. The number of alkyl halides is 6. The fourth-order valence-electron chi connectivity index (χ4n) is 2.68. The molecule has 0 saturated heterocycles. The highest BCUT2D eigenvalue weighted by Gasteiger charge is 2.37. The molecule has 9 heteroatoms. The van der Waals surface area contributed by atoms with E-state index in [-0.39, 0.29) is 17.4 Å². The van der Waals surface area contributed by atoms with Gasteiger partial charge >= 0.3 is 12.4 Å². The van der Waals surface area contributed by atoms with E-state index in [2.05, 4.69) is 5.32 Å². The fraction of sp³-hybridized carbons (Fsp3) is 0.150. The third kappa shape index (κ3) is 4.61. The molecule has 0 aliphatic carbocycles. The van der Waals surface area contributed by atoms with Crippen molar-refractivity contribution >= 4 is 11.6 Å². The molecule has 0 saturated carbocycles. The Morgan fingerprint density at radius 1 is 0.862 bits per heavy atom. The van der Waals surface area contributed by atoms with Crippen molar-refractivity contribution in [1.82, 2.24) is 0 Å². The van der Waals surface area contributed by atoms with E-state index in [1.807, 2.05) is 0 Å². The number of benzene rings is 2. The number of anilines is 1. The van der Waals surface area contributed by atoms with E-state index in [0.29, 0.717) is 23.5 Å². The number of hydrogen-bond acceptors (Lipinski definition) is 2. The first kappa shape index (κ1) is 20.5. The number of halogens is 6. The van der Waals surface area contributed by atoms with Crippen LogP contribution in [0.2, 0.25) is 0 Å². The van der Waals surface area contributed by atoms with E-state index in [1.165, 1.54) is 13.0 Å². The summed E-state index contributed by atoms with van der Waals surface area (Å²) in [6.07, 6.45) is -10.0. The summed E-state index contributed by atoms with van der Waals surface area (Å²) in [5.41, 5.74) is -3.00. The first-order valence-electron chi connectivity index (χ1n) is 8.22. The summed E-state index contributed by atoms with van der Waals surface area (Å²) in [6, 6.07) is 11.0. The second-order valence-electron chi connectivity index (χ2n) is 6.20. The molecule has 1 aromatic heterocycles. The van der Waals surface area contributed by atoms with Crippen LogP contribution in [0, 0.1) is 6.92 Å². The number of hydrogen-bond donors (Lipinski definition) is 1. The highest BCUT2D eigenvalue weighted by molar-refractivity contribution is 6.05. The van der Waals surface area contributed by atoms with E-state index in [0.717, 1.165) is 0 Å². The fourth-order valence-corrected chi connectivity index (χ4v) is 2.68. The average Bonchev–Trinajstić information content (AvgIpc) is 3.02. The second kappa shape index (κ2) is 7.31. The van der Waals surface area contributed by atoms with Gasteiger partial charge in [-0.1, -0.05) is 30.3 Å². The zero-order valence-electron chi connectivity index (χ0n) is 14.8. The van der Waals surface area contributed by atoms with Gasteiger partial charge in [0.15, 0.2) is 0 Å². The van der Waals surface area contributed by atoms with Crippen LogP contribution in [0.3, 0.4) is 0 Å². The van der Waals surface area contributed by atoms with Gasteiger partial charge in [0, 0.05) is 11.3 Å². The van der Waals surface area contributed by atoms with Crippen LogP contribution >= 0.6 is 0 Å². The lowest BCUT2D eigenvalue weighted by molar-refractivity contribution is -0.143. The molecule has 0 aliphatic rings. The highest BCUT2D eigenvalue weighted by Crippen LogP contribution is 2.37. The molecule has 29 heavy (non-hydrogen) atoms. The molecule has 1 N–H and O–H groups in total. The number of furan rings is 1. The normalized spacial score (nSPS) is 12.1. The van der Waals surface area contributed by atoms with Gasteiger partial charge in [-0.3, -0.25) is 4.79 Å². The Labute approximate surface area is 161 Å². The van der Waals surface area contributed by atoms with Crippen LogP contribution in [0.5, 0.6) is 0 Å². The van der Waals surface area contributed by atoms with E-state index in [1.54, 1.807) is 30.3 Å². The van der Waals surface area contributed by atoms with E-state index < -0.39 is 35.1 Å². The topological polar surface area (TPSA) is 42.2 Å². The molecule has 2 aromatic carbocycles. The number of nitrogens with one attached hydrogen (secondary N) is 1. The third-order valence-electron chi connectivity index (χ3n) is 4.07. The van der Waals surface area contributed by atoms with Gasteiger partial charge in [-0.25, -0.2) is 0 Å². The molecule has 3 rings (SSSR count). The molecule has 0 fully saturated rings. The van der Waals surface area contributed by atoms with Crippen LogP contribution in [0.15, 0.2) is 59.0 Å². The summed E-state index contributed by atoms with van der Waals surface area (Å²) in [5.74, 6) is -0.376. The summed E-state index contributed by atoms with van der Waals surface area (Å²) in [6.45, 7) is 1.47. The predicted octanol–water partition coefficient (Wildman–Crippen LogP) is 6.54. The molecule has 0 unspecified atom stereocenters. The Kier molecular flexibility index (Phi) is 5.16. The summed E-state index contributed by atoms with van der Waals surface area (Å²) < 4.78 is 83.2. The van der Waals surface area contributed by atoms with Crippen LogP contribution in [-0.2, 0) is 12.4 Å². The molecule has 0 radical (unpaired) electrons. The second-order valence-corrected chi connectivity index (χ2v) is 6.20. The monoisotopic (exact) mass is 413 g/mol. The minimum Gasteiger partial charge on any atom is -0.461 e. The van der Waals surface area contributed by atoms with Gasteiger partial charge in [0.05, 0.1) is 16.7 Å². The van der Waals surface area contributed by atoms with Gasteiger partial charge in [-0.05, 0) is 31.2 Å². The Morgan fingerprint density at radius 2 is 1.41 bits per heavy atom.